The highest BCUT2D eigenvalue weighted by atomic mass is 32.1. The average molecular weight is 324 g/mol. The molecule has 0 fully saturated rings. The molecule has 0 bridgehead atoms. The fourth-order valence-electron chi connectivity index (χ4n) is 2.21. The maximum atomic E-state index is 12.4. The molecular weight excluding hydrogens is 308 g/mol. The molecule has 2 aromatic heterocycles. The van der Waals surface area contributed by atoms with Crippen molar-refractivity contribution in [1.29, 1.82) is 0 Å². The Bertz CT molecular complexity index is 830. The first kappa shape index (κ1) is 15.2. The van der Waals surface area contributed by atoms with Crippen LogP contribution in [0.1, 0.15) is 20.8 Å². The zero-order chi connectivity index (χ0) is 16.2. The largest absolute Gasteiger partial charge is 0.396 e. The molecule has 0 radical (unpaired) electrons. The lowest BCUT2D eigenvalue weighted by atomic mass is 10.1. The van der Waals surface area contributed by atoms with E-state index < -0.39 is 0 Å². The number of aryl methyl sites for hydroxylation is 1. The van der Waals surface area contributed by atoms with Crippen LogP contribution in [0.15, 0.2) is 48.7 Å². The first-order valence-corrected chi connectivity index (χ1v) is 7.93. The van der Waals surface area contributed by atoms with Crippen molar-refractivity contribution in [3.8, 4) is 11.4 Å². The number of aromatic nitrogens is 2. The van der Waals surface area contributed by atoms with Crippen LogP contribution in [0.5, 0.6) is 0 Å². The summed E-state index contributed by atoms with van der Waals surface area (Å²) in [5.74, 6) is -0.217. The third-order valence-electron chi connectivity index (χ3n) is 3.54. The summed E-state index contributed by atoms with van der Waals surface area (Å²) in [6.45, 7) is 2.48. The average Bonchev–Trinajstić information content (AvgIpc) is 2.96. The Labute approximate surface area is 138 Å². The molecule has 1 aromatic carbocycles. The molecule has 0 aliphatic carbocycles. The van der Waals surface area contributed by atoms with Crippen molar-refractivity contribution < 1.29 is 4.79 Å². The van der Waals surface area contributed by atoms with Gasteiger partial charge >= 0.3 is 0 Å². The molecule has 0 atom stereocenters. The molecule has 0 unspecified atom stereocenters. The molecule has 5 nitrogen and oxygen atoms in total. The highest BCUT2D eigenvalue weighted by Gasteiger charge is 2.19. The van der Waals surface area contributed by atoms with Crippen LogP contribution in [0.3, 0.4) is 0 Å². The highest BCUT2D eigenvalue weighted by molar-refractivity contribution is 7.09. The number of nitrogens with zero attached hydrogens (tertiary/aromatic N) is 2. The molecule has 3 N–H and O–H groups in total. The fourth-order valence-corrected chi connectivity index (χ4v) is 2.94. The van der Waals surface area contributed by atoms with Crippen molar-refractivity contribution in [3.05, 3.63) is 64.7 Å². The molecule has 2 heterocycles. The lowest BCUT2D eigenvalue weighted by Crippen LogP contribution is -2.23. The second-order valence-electron chi connectivity index (χ2n) is 5.10. The highest BCUT2D eigenvalue weighted by Crippen LogP contribution is 2.29. The molecule has 0 saturated carbocycles. The van der Waals surface area contributed by atoms with Crippen LogP contribution in [0.25, 0.3) is 11.4 Å². The van der Waals surface area contributed by atoms with Gasteiger partial charge in [-0.3, -0.25) is 9.78 Å². The third-order valence-corrected chi connectivity index (χ3v) is 4.40. The summed E-state index contributed by atoms with van der Waals surface area (Å²) >= 11 is 1.09. The Hall–Kier alpha value is -2.73. The minimum atomic E-state index is -0.217. The van der Waals surface area contributed by atoms with Gasteiger partial charge in [0.15, 0.2) is 0 Å². The maximum absolute atomic E-state index is 12.4. The summed E-state index contributed by atoms with van der Waals surface area (Å²) in [4.78, 5) is 17.0. The molecular formula is C17H16N4OS. The van der Waals surface area contributed by atoms with Gasteiger partial charge in [-0.2, -0.15) is 4.37 Å². The molecule has 6 heteroatoms. The van der Waals surface area contributed by atoms with E-state index in [0.717, 1.165) is 22.7 Å². The van der Waals surface area contributed by atoms with Gasteiger partial charge in [-0.25, -0.2) is 0 Å². The van der Waals surface area contributed by atoms with Gasteiger partial charge in [0.25, 0.3) is 5.91 Å². The zero-order valence-corrected chi connectivity index (χ0v) is 13.4. The Morgan fingerprint density at radius 3 is 2.74 bits per heavy atom. The van der Waals surface area contributed by atoms with Gasteiger partial charge in [0, 0.05) is 12.7 Å². The number of anilines is 1. The summed E-state index contributed by atoms with van der Waals surface area (Å²) < 4.78 is 4.27. The number of pyridine rings is 1. The topological polar surface area (TPSA) is 80.9 Å². The van der Waals surface area contributed by atoms with E-state index >= 15 is 0 Å². The second-order valence-corrected chi connectivity index (χ2v) is 5.87. The summed E-state index contributed by atoms with van der Waals surface area (Å²) in [6, 6.07) is 13.4. The number of nitrogen functional groups attached to an aromatic ring is 1. The number of hydrogen-bond acceptors (Lipinski definition) is 5. The van der Waals surface area contributed by atoms with Crippen LogP contribution < -0.4 is 11.1 Å². The Morgan fingerprint density at radius 2 is 2.00 bits per heavy atom. The van der Waals surface area contributed by atoms with Crippen LogP contribution in [-0.4, -0.2) is 15.3 Å². The quantitative estimate of drug-likeness (QED) is 0.773. The summed E-state index contributed by atoms with van der Waals surface area (Å²) in [7, 11) is 0. The minimum absolute atomic E-state index is 0.217. The molecule has 0 aliphatic rings. The van der Waals surface area contributed by atoms with Crippen molar-refractivity contribution in [3.63, 3.8) is 0 Å². The Kier molecular flexibility index (Phi) is 4.34. The van der Waals surface area contributed by atoms with E-state index in [2.05, 4.69) is 14.7 Å². The normalized spacial score (nSPS) is 10.5. The van der Waals surface area contributed by atoms with Gasteiger partial charge in [-0.1, -0.05) is 30.3 Å². The van der Waals surface area contributed by atoms with E-state index in [1.54, 1.807) is 6.20 Å². The number of amides is 1. The molecule has 116 valence electrons. The number of carbonyl (C=O) groups excluding carboxylic acids is 1. The number of hydrogen-bond donors (Lipinski definition) is 2. The lowest BCUT2D eigenvalue weighted by molar-refractivity contribution is 0.0955. The summed E-state index contributed by atoms with van der Waals surface area (Å²) in [5, 5.41) is 2.89. The van der Waals surface area contributed by atoms with Gasteiger partial charge in [-0.05, 0) is 41.7 Å². The molecule has 3 aromatic rings. The van der Waals surface area contributed by atoms with Crippen LogP contribution in [0.4, 0.5) is 5.69 Å². The van der Waals surface area contributed by atoms with Crippen molar-refractivity contribution in [1.82, 2.24) is 14.7 Å². The molecule has 1 amide bonds. The lowest BCUT2D eigenvalue weighted by Gasteiger charge is -2.07. The number of benzene rings is 1. The van der Waals surface area contributed by atoms with Crippen molar-refractivity contribution in [2.24, 2.45) is 0 Å². The number of nitrogens with one attached hydrogen (secondary N) is 1. The number of nitrogens with two attached hydrogens (primary N) is 1. The van der Waals surface area contributed by atoms with E-state index in [0.29, 0.717) is 28.5 Å². The molecule has 0 aliphatic heterocycles. The predicted molar refractivity (Wildman–Crippen MR) is 92.1 cm³/mol. The second kappa shape index (κ2) is 6.58. The van der Waals surface area contributed by atoms with Gasteiger partial charge < -0.3 is 11.1 Å². The van der Waals surface area contributed by atoms with Gasteiger partial charge in [-0.15, -0.1) is 0 Å². The molecule has 0 saturated heterocycles. The van der Waals surface area contributed by atoms with Crippen molar-refractivity contribution in [2.45, 2.75) is 13.5 Å². The van der Waals surface area contributed by atoms with Gasteiger partial charge in [0.2, 0.25) is 0 Å². The monoisotopic (exact) mass is 324 g/mol. The standard InChI is InChI=1S/C17H16N4OS/c1-11-6-2-3-7-12(11)10-20-17(22)16-14(18)15(21-23-16)13-8-4-5-9-19-13/h2-9H,10,18H2,1H3,(H,20,22). The van der Waals surface area contributed by atoms with Crippen LogP contribution >= 0.6 is 11.5 Å². The van der Waals surface area contributed by atoms with Crippen LogP contribution in [-0.2, 0) is 6.54 Å². The molecule has 0 spiro atoms. The van der Waals surface area contributed by atoms with E-state index in [1.807, 2.05) is 49.4 Å². The Morgan fingerprint density at radius 1 is 1.22 bits per heavy atom. The minimum Gasteiger partial charge on any atom is -0.396 e. The predicted octanol–water partition coefficient (Wildman–Crippen LogP) is 3.03. The number of rotatable bonds is 4. The smallest absolute Gasteiger partial charge is 0.265 e. The van der Waals surface area contributed by atoms with E-state index in [-0.39, 0.29) is 5.91 Å². The van der Waals surface area contributed by atoms with E-state index in [1.165, 1.54) is 0 Å². The van der Waals surface area contributed by atoms with Crippen molar-refractivity contribution >= 4 is 23.1 Å². The molecule has 3 rings (SSSR count). The maximum Gasteiger partial charge on any atom is 0.265 e. The third kappa shape index (κ3) is 3.22. The first-order chi connectivity index (χ1) is 11.2. The Balaban J connectivity index is 1.76. The molecule has 23 heavy (non-hydrogen) atoms. The van der Waals surface area contributed by atoms with Crippen LogP contribution in [0.2, 0.25) is 0 Å². The van der Waals surface area contributed by atoms with Gasteiger partial charge in [0.05, 0.1) is 11.4 Å². The first-order valence-electron chi connectivity index (χ1n) is 7.16. The fraction of sp³-hybridized carbons (Fsp3) is 0.118. The number of carbonyl (C=O) groups is 1. The van der Waals surface area contributed by atoms with Crippen LogP contribution in [0, 0.1) is 6.92 Å². The van der Waals surface area contributed by atoms with Gasteiger partial charge in [0.1, 0.15) is 10.6 Å². The zero-order valence-electron chi connectivity index (χ0n) is 12.6. The SMILES string of the molecule is Cc1ccccc1CNC(=O)c1snc(-c2ccccn2)c1N. The summed E-state index contributed by atoms with van der Waals surface area (Å²) in [6.07, 6.45) is 1.67. The summed E-state index contributed by atoms with van der Waals surface area (Å²) in [5.41, 5.74) is 9.89. The van der Waals surface area contributed by atoms with E-state index in [9.17, 15) is 4.79 Å². The van der Waals surface area contributed by atoms with E-state index in [4.69, 9.17) is 5.73 Å². The van der Waals surface area contributed by atoms with Crippen molar-refractivity contribution in [2.75, 3.05) is 5.73 Å².